The summed E-state index contributed by atoms with van der Waals surface area (Å²) >= 11 is 2.76. The SMILES string of the molecule is CC(C)CNc1nnc(SCC(=O)Nc2ccc(C(N)=O)cc2)s1. The lowest BCUT2D eigenvalue weighted by atomic mass is 10.2. The number of aromatic nitrogens is 2. The van der Waals surface area contributed by atoms with Gasteiger partial charge in [-0.25, -0.2) is 0 Å². The van der Waals surface area contributed by atoms with E-state index in [1.165, 1.54) is 23.1 Å². The highest BCUT2D eigenvalue weighted by atomic mass is 32.2. The molecule has 2 aromatic rings. The molecule has 0 aliphatic heterocycles. The average Bonchev–Trinajstić information content (AvgIpc) is 2.99. The van der Waals surface area contributed by atoms with Crippen molar-refractivity contribution in [2.75, 3.05) is 22.9 Å². The number of primary amides is 1. The Morgan fingerprint density at radius 3 is 2.58 bits per heavy atom. The smallest absolute Gasteiger partial charge is 0.248 e. The maximum absolute atomic E-state index is 11.9. The third kappa shape index (κ3) is 5.82. The summed E-state index contributed by atoms with van der Waals surface area (Å²) in [6.07, 6.45) is 0. The summed E-state index contributed by atoms with van der Waals surface area (Å²) in [5.74, 6) is 0.105. The number of nitrogens with two attached hydrogens (primary N) is 1. The molecule has 4 N–H and O–H groups in total. The van der Waals surface area contributed by atoms with Gasteiger partial charge in [-0.15, -0.1) is 10.2 Å². The summed E-state index contributed by atoms with van der Waals surface area (Å²) in [5.41, 5.74) is 6.18. The van der Waals surface area contributed by atoms with E-state index in [2.05, 4.69) is 34.7 Å². The van der Waals surface area contributed by atoms with Crippen molar-refractivity contribution in [2.24, 2.45) is 11.7 Å². The maximum atomic E-state index is 11.9. The fourth-order valence-corrected chi connectivity index (χ4v) is 3.23. The van der Waals surface area contributed by atoms with E-state index in [9.17, 15) is 9.59 Å². The first-order valence-electron chi connectivity index (χ1n) is 7.34. The van der Waals surface area contributed by atoms with E-state index in [4.69, 9.17) is 5.73 Å². The van der Waals surface area contributed by atoms with Crippen LogP contribution in [0.2, 0.25) is 0 Å². The summed E-state index contributed by atoms with van der Waals surface area (Å²) in [5, 5.41) is 14.8. The highest BCUT2D eigenvalue weighted by molar-refractivity contribution is 8.01. The second kappa shape index (κ2) is 8.65. The molecule has 0 aliphatic carbocycles. The number of nitrogens with one attached hydrogen (secondary N) is 2. The molecule has 9 heteroatoms. The van der Waals surface area contributed by atoms with Crippen LogP contribution in [0.3, 0.4) is 0 Å². The van der Waals surface area contributed by atoms with E-state index < -0.39 is 5.91 Å². The quantitative estimate of drug-likeness (QED) is 0.620. The van der Waals surface area contributed by atoms with Crippen molar-refractivity contribution in [3.05, 3.63) is 29.8 Å². The van der Waals surface area contributed by atoms with E-state index in [-0.39, 0.29) is 11.7 Å². The number of anilines is 2. The Balaban J connectivity index is 1.79. The molecule has 1 aromatic heterocycles. The van der Waals surface area contributed by atoms with Gasteiger partial charge in [-0.3, -0.25) is 9.59 Å². The van der Waals surface area contributed by atoms with Gasteiger partial charge < -0.3 is 16.4 Å². The fraction of sp³-hybridized carbons (Fsp3) is 0.333. The number of carbonyl (C=O) groups excluding carboxylic acids is 2. The van der Waals surface area contributed by atoms with Crippen molar-refractivity contribution < 1.29 is 9.59 Å². The van der Waals surface area contributed by atoms with Crippen LogP contribution in [0.15, 0.2) is 28.6 Å². The van der Waals surface area contributed by atoms with Crippen LogP contribution in [0.25, 0.3) is 0 Å². The van der Waals surface area contributed by atoms with Gasteiger partial charge in [-0.2, -0.15) is 0 Å². The summed E-state index contributed by atoms with van der Waals surface area (Å²) in [7, 11) is 0. The summed E-state index contributed by atoms with van der Waals surface area (Å²) in [6, 6.07) is 6.42. The molecule has 0 radical (unpaired) electrons. The van der Waals surface area contributed by atoms with Crippen molar-refractivity contribution in [3.8, 4) is 0 Å². The van der Waals surface area contributed by atoms with Gasteiger partial charge in [0.15, 0.2) is 4.34 Å². The number of hydrogen-bond donors (Lipinski definition) is 3. The molecule has 2 rings (SSSR count). The molecule has 128 valence electrons. The number of rotatable bonds is 8. The standard InChI is InChI=1S/C15H19N5O2S2/c1-9(2)7-17-14-19-20-15(24-14)23-8-12(21)18-11-5-3-10(4-6-11)13(16)22/h3-6,9H,7-8H2,1-2H3,(H2,16,22)(H,17,19)(H,18,21). The third-order valence-electron chi connectivity index (χ3n) is 2.85. The number of hydrogen-bond acceptors (Lipinski definition) is 7. The Bertz CT molecular complexity index is 700. The highest BCUT2D eigenvalue weighted by Gasteiger charge is 2.09. The zero-order valence-electron chi connectivity index (χ0n) is 13.4. The van der Waals surface area contributed by atoms with E-state index in [1.54, 1.807) is 24.3 Å². The van der Waals surface area contributed by atoms with Gasteiger partial charge in [0.1, 0.15) is 0 Å². The van der Waals surface area contributed by atoms with Gasteiger partial charge >= 0.3 is 0 Å². The average molecular weight is 365 g/mol. The lowest BCUT2D eigenvalue weighted by Gasteiger charge is -2.04. The number of amides is 2. The first-order chi connectivity index (χ1) is 11.4. The predicted molar refractivity (Wildman–Crippen MR) is 97.6 cm³/mol. The topological polar surface area (TPSA) is 110 Å². The molecule has 1 aromatic carbocycles. The number of thioether (sulfide) groups is 1. The van der Waals surface area contributed by atoms with Crippen LogP contribution in [0.5, 0.6) is 0 Å². The Morgan fingerprint density at radius 1 is 1.25 bits per heavy atom. The molecule has 2 amide bonds. The minimum Gasteiger partial charge on any atom is -0.366 e. The fourth-order valence-electron chi connectivity index (χ4n) is 1.67. The first kappa shape index (κ1) is 18.2. The molecule has 0 saturated carbocycles. The maximum Gasteiger partial charge on any atom is 0.248 e. The first-order valence-corrected chi connectivity index (χ1v) is 9.14. The normalized spacial score (nSPS) is 10.6. The zero-order chi connectivity index (χ0) is 17.5. The highest BCUT2D eigenvalue weighted by Crippen LogP contribution is 2.25. The van der Waals surface area contributed by atoms with Crippen LogP contribution in [0.1, 0.15) is 24.2 Å². The van der Waals surface area contributed by atoms with Gasteiger partial charge in [-0.1, -0.05) is 36.9 Å². The van der Waals surface area contributed by atoms with Crippen molar-refractivity contribution in [2.45, 2.75) is 18.2 Å². The summed E-state index contributed by atoms with van der Waals surface area (Å²) in [6.45, 7) is 5.06. The lowest BCUT2D eigenvalue weighted by molar-refractivity contribution is -0.113. The van der Waals surface area contributed by atoms with Crippen molar-refractivity contribution >= 4 is 45.7 Å². The van der Waals surface area contributed by atoms with Gasteiger partial charge in [0.2, 0.25) is 16.9 Å². The van der Waals surface area contributed by atoms with E-state index >= 15 is 0 Å². The summed E-state index contributed by atoms with van der Waals surface area (Å²) < 4.78 is 0.737. The molecule has 0 saturated heterocycles. The largest absolute Gasteiger partial charge is 0.366 e. The minimum absolute atomic E-state index is 0.154. The van der Waals surface area contributed by atoms with Gasteiger partial charge in [-0.05, 0) is 30.2 Å². The molecular formula is C15H19N5O2S2. The Hall–Kier alpha value is -2.13. The Morgan fingerprint density at radius 2 is 1.96 bits per heavy atom. The number of carbonyl (C=O) groups is 2. The molecule has 7 nitrogen and oxygen atoms in total. The zero-order valence-corrected chi connectivity index (χ0v) is 15.0. The monoisotopic (exact) mass is 365 g/mol. The van der Waals surface area contributed by atoms with Crippen LogP contribution in [0, 0.1) is 5.92 Å². The molecule has 0 unspecified atom stereocenters. The summed E-state index contributed by atoms with van der Waals surface area (Å²) in [4.78, 5) is 22.9. The Labute approximate surface area is 148 Å². The van der Waals surface area contributed by atoms with Crippen LogP contribution in [-0.2, 0) is 4.79 Å². The Kier molecular flexibility index (Phi) is 6.56. The van der Waals surface area contributed by atoms with Crippen molar-refractivity contribution in [1.29, 1.82) is 0 Å². The van der Waals surface area contributed by atoms with Gasteiger partial charge in [0.25, 0.3) is 0 Å². The molecular weight excluding hydrogens is 346 g/mol. The molecule has 0 bridgehead atoms. The van der Waals surface area contributed by atoms with Crippen molar-refractivity contribution in [3.63, 3.8) is 0 Å². The molecule has 1 heterocycles. The molecule has 0 spiro atoms. The third-order valence-corrected chi connectivity index (χ3v) is 4.86. The second-order valence-corrected chi connectivity index (χ2v) is 7.63. The van der Waals surface area contributed by atoms with Crippen LogP contribution in [0.4, 0.5) is 10.8 Å². The van der Waals surface area contributed by atoms with E-state index in [0.29, 0.717) is 17.2 Å². The second-order valence-electron chi connectivity index (χ2n) is 5.43. The van der Waals surface area contributed by atoms with E-state index in [0.717, 1.165) is 16.0 Å². The predicted octanol–water partition coefficient (Wildman–Crippen LogP) is 2.44. The van der Waals surface area contributed by atoms with Gasteiger partial charge in [0, 0.05) is 17.8 Å². The van der Waals surface area contributed by atoms with Gasteiger partial charge in [0.05, 0.1) is 5.75 Å². The van der Waals surface area contributed by atoms with Crippen molar-refractivity contribution in [1.82, 2.24) is 10.2 Å². The molecule has 24 heavy (non-hydrogen) atoms. The van der Waals surface area contributed by atoms with Crippen LogP contribution in [-0.4, -0.2) is 34.3 Å². The van der Waals surface area contributed by atoms with E-state index in [1.807, 2.05) is 0 Å². The molecule has 0 aliphatic rings. The lowest BCUT2D eigenvalue weighted by Crippen LogP contribution is -2.14. The van der Waals surface area contributed by atoms with Crippen LogP contribution < -0.4 is 16.4 Å². The van der Waals surface area contributed by atoms with Crippen LogP contribution >= 0.6 is 23.1 Å². The number of nitrogens with zero attached hydrogens (tertiary/aromatic N) is 2. The molecule has 0 fully saturated rings. The number of benzene rings is 1. The molecule has 0 atom stereocenters. The minimum atomic E-state index is -0.499.